The van der Waals surface area contributed by atoms with E-state index in [1.807, 2.05) is 30.3 Å². The molecular formula is C21H20N2O3. The number of para-hydroxylation sites is 1. The zero-order chi connectivity index (χ0) is 19.1. The molecule has 1 amide bonds. The summed E-state index contributed by atoms with van der Waals surface area (Å²) < 4.78 is 4.70. The summed E-state index contributed by atoms with van der Waals surface area (Å²) in [7, 11) is 1.27. The lowest BCUT2D eigenvalue weighted by Crippen LogP contribution is -2.16. The Kier molecular flexibility index (Phi) is 6.29. The van der Waals surface area contributed by atoms with Crippen molar-refractivity contribution in [3.8, 4) is 6.07 Å². The fourth-order valence-electron chi connectivity index (χ4n) is 2.36. The number of benzene rings is 2. The molecule has 0 aromatic heterocycles. The van der Waals surface area contributed by atoms with E-state index in [9.17, 15) is 14.9 Å². The summed E-state index contributed by atoms with van der Waals surface area (Å²) in [4.78, 5) is 24.2. The molecule has 0 saturated heterocycles. The lowest BCUT2D eigenvalue weighted by Gasteiger charge is -2.09. The van der Waals surface area contributed by atoms with Gasteiger partial charge >= 0.3 is 5.97 Å². The summed E-state index contributed by atoms with van der Waals surface area (Å²) >= 11 is 0. The van der Waals surface area contributed by atoms with Crippen molar-refractivity contribution in [3.63, 3.8) is 0 Å². The molecule has 2 aromatic carbocycles. The fourth-order valence-corrected chi connectivity index (χ4v) is 2.36. The molecule has 0 spiro atoms. The molecule has 5 nitrogen and oxygen atoms in total. The molecule has 0 saturated carbocycles. The van der Waals surface area contributed by atoms with Gasteiger partial charge in [0.25, 0.3) is 5.91 Å². The summed E-state index contributed by atoms with van der Waals surface area (Å²) in [6.45, 7) is 4.19. The molecule has 1 N–H and O–H groups in total. The van der Waals surface area contributed by atoms with E-state index in [-0.39, 0.29) is 11.1 Å². The number of nitrogens with one attached hydrogen (secondary N) is 1. The van der Waals surface area contributed by atoms with Crippen LogP contribution in [0.25, 0.3) is 6.08 Å². The molecule has 0 aliphatic heterocycles. The van der Waals surface area contributed by atoms with Crippen molar-refractivity contribution in [2.45, 2.75) is 19.8 Å². The van der Waals surface area contributed by atoms with Crippen LogP contribution < -0.4 is 5.32 Å². The number of esters is 1. The van der Waals surface area contributed by atoms with E-state index in [0.29, 0.717) is 11.6 Å². The number of ether oxygens (including phenoxy) is 1. The van der Waals surface area contributed by atoms with E-state index in [1.165, 1.54) is 18.7 Å². The maximum absolute atomic E-state index is 12.4. The number of nitriles is 1. The lowest BCUT2D eigenvalue weighted by atomic mass is 10.0. The fraction of sp³-hybridized carbons (Fsp3) is 0.190. The maximum Gasteiger partial charge on any atom is 0.339 e. The van der Waals surface area contributed by atoms with Crippen molar-refractivity contribution in [2.24, 2.45) is 0 Å². The predicted octanol–water partition coefficient (Wildman–Crippen LogP) is 4.14. The van der Waals surface area contributed by atoms with Gasteiger partial charge in [0, 0.05) is 0 Å². The number of methoxy groups -OCH3 is 1. The van der Waals surface area contributed by atoms with Crippen LogP contribution in [0.3, 0.4) is 0 Å². The Balaban J connectivity index is 2.25. The molecule has 0 aliphatic carbocycles. The molecule has 0 bridgehead atoms. The standard InChI is InChI=1S/C21H20N2O3/c1-14(2)16-10-8-15(9-11-16)12-17(13-22)20(24)23-19-7-5-4-6-18(19)21(25)26-3/h4-12,14H,1-3H3,(H,23,24)/b17-12+. The van der Waals surface area contributed by atoms with E-state index >= 15 is 0 Å². The molecule has 0 fully saturated rings. The molecule has 5 heteroatoms. The van der Waals surface area contributed by atoms with Crippen molar-refractivity contribution in [3.05, 3.63) is 70.8 Å². The number of carbonyl (C=O) groups excluding carboxylic acids is 2. The van der Waals surface area contributed by atoms with Crippen molar-refractivity contribution >= 4 is 23.6 Å². The second kappa shape index (κ2) is 8.63. The van der Waals surface area contributed by atoms with Crippen LogP contribution in [-0.4, -0.2) is 19.0 Å². The Morgan fingerprint density at radius 1 is 1.12 bits per heavy atom. The van der Waals surface area contributed by atoms with Gasteiger partial charge in [-0.2, -0.15) is 5.26 Å². The zero-order valence-electron chi connectivity index (χ0n) is 14.9. The van der Waals surface area contributed by atoms with E-state index in [2.05, 4.69) is 19.2 Å². The first-order chi connectivity index (χ1) is 12.5. The Morgan fingerprint density at radius 2 is 1.77 bits per heavy atom. The third-order valence-corrected chi connectivity index (χ3v) is 3.86. The van der Waals surface area contributed by atoms with Crippen molar-refractivity contribution < 1.29 is 14.3 Å². The molecule has 26 heavy (non-hydrogen) atoms. The van der Waals surface area contributed by atoms with E-state index < -0.39 is 11.9 Å². The highest BCUT2D eigenvalue weighted by Gasteiger charge is 2.15. The maximum atomic E-state index is 12.4. The minimum Gasteiger partial charge on any atom is -0.465 e. The zero-order valence-corrected chi connectivity index (χ0v) is 14.9. The van der Waals surface area contributed by atoms with Gasteiger partial charge < -0.3 is 10.1 Å². The minimum atomic E-state index is -0.586. The lowest BCUT2D eigenvalue weighted by molar-refractivity contribution is -0.112. The third-order valence-electron chi connectivity index (χ3n) is 3.86. The Bertz CT molecular complexity index is 875. The van der Waals surface area contributed by atoms with Crippen LogP contribution in [0, 0.1) is 11.3 Å². The number of nitrogens with zero attached hydrogens (tertiary/aromatic N) is 1. The van der Waals surface area contributed by atoms with Crippen LogP contribution in [0.15, 0.2) is 54.1 Å². The highest BCUT2D eigenvalue weighted by Crippen LogP contribution is 2.19. The van der Waals surface area contributed by atoms with Crippen molar-refractivity contribution in [1.82, 2.24) is 0 Å². The van der Waals surface area contributed by atoms with E-state index in [1.54, 1.807) is 24.3 Å². The van der Waals surface area contributed by atoms with Crippen LogP contribution in [0.4, 0.5) is 5.69 Å². The summed E-state index contributed by atoms with van der Waals surface area (Å²) in [6, 6.07) is 16.0. The van der Waals surface area contributed by atoms with Gasteiger partial charge in [0.2, 0.25) is 0 Å². The number of rotatable bonds is 5. The summed E-state index contributed by atoms with van der Waals surface area (Å²) in [5.41, 5.74) is 2.39. The second-order valence-corrected chi connectivity index (χ2v) is 5.98. The smallest absolute Gasteiger partial charge is 0.339 e. The molecule has 0 heterocycles. The van der Waals surface area contributed by atoms with Crippen LogP contribution in [-0.2, 0) is 9.53 Å². The highest BCUT2D eigenvalue weighted by molar-refractivity contribution is 6.11. The van der Waals surface area contributed by atoms with Gasteiger partial charge in [0.05, 0.1) is 18.4 Å². The number of hydrogen-bond donors (Lipinski definition) is 1. The Hall–Kier alpha value is -3.39. The average molecular weight is 348 g/mol. The summed E-state index contributed by atoms with van der Waals surface area (Å²) in [5, 5.41) is 11.9. The molecule has 2 rings (SSSR count). The quantitative estimate of drug-likeness (QED) is 0.500. The second-order valence-electron chi connectivity index (χ2n) is 5.98. The van der Waals surface area contributed by atoms with E-state index in [4.69, 9.17) is 4.74 Å². The first-order valence-electron chi connectivity index (χ1n) is 8.16. The molecule has 132 valence electrons. The SMILES string of the molecule is COC(=O)c1ccccc1NC(=O)/C(C#N)=C/c1ccc(C(C)C)cc1. The van der Waals surface area contributed by atoms with Gasteiger partial charge in [-0.15, -0.1) is 0 Å². The van der Waals surface area contributed by atoms with Gasteiger partial charge in [-0.3, -0.25) is 4.79 Å². The number of carbonyl (C=O) groups is 2. The third kappa shape index (κ3) is 4.58. The normalized spacial score (nSPS) is 11.0. The number of amides is 1. The van der Waals surface area contributed by atoms with Crippen LogP contribution in [0.5, 0.6) is 0 Å². The van der Waals surface area contributed by atoms with Crippen LogP contribution >= 0.6 is 0 Å². The minimum absolute atomic E-state index is 0.0537. The molecule has 0 aliphatic rings. The summed E-state index contributed by atoms with van der Waals surface area (Å²) in [5.74, 6) is -0.744. The van der Waals surface area contributed by atoms with Crippen LogP contribution in [0.1, 0.15) is 41.3 Å². The Morgan fingerprint density at radius 3 is 2.35 bits per heavy atom. The highest BCUT2D eigenvalue weighted by atomic mass is 16.5. The first kappa shape index (κ1) is 18.9. The van der Waals surface area contributed by atoms with Gasteiger partial charge in [-0.25, -0.2) is 4.79 Å². The molecular weight excluding hydrogens is 328 g/mol. The first-order valence-corrected chi connectivity index (χ1v) is 8.16. The van der Waals surface area contributed by atoms with Gasteiger partial charge in [-0.05, 0) is 35.3 Å². The number of hydrogen-bond acceptors (Lipinski definition) is 4. The van der Waals surface area contributed by atoms with E-state index in [0.717, 1.165) is 5.56 Å². The molecule has 2 aromatic rings. The van der Waals surface area contributed by atoms with Crippen LogP contribution in [0.2, 0.25) is 0 Å². The summed E-state index contributed by atoms with van der Waals surface area (Å²) in [6.07, 6.45) is 1.51. The van der Waals surface area contributed by atoms with Gasteiger partial charge in [0.15, 0.2) is 0 Å². The Labute approximate surface area is 152 Å². The van der Waals surface area contributed by atoms with Gasteiger partial charge in [0.1, 0.15) is 11.6 Å². The number of anilines is 1. The average Bonchev–Trinajstić information content (AvgIpc) is 2.66. The molecule has 0 radical (unpaired) electrons. The monoisotopic (exact) mass is 348 g/mol. The van der Waals surface area contributed by atoms with Gasteiger partial charge in [-0.1, -0.05) is 50.2 Å². The molecule has 0 unspecified atom stereocenters. The van der Waals surface area contributed by atoms with Crippen molar-refractivity contribution in [1.29, 1.82) is 5.26 Å². The predicted molar refractivity (Wildman–Crippen MR) is 101 cm³/mol. The topological polar surface area (TPSA) is 79.2 Å². The molecule has 0 atom stereocenters. The van der Waals surface area contributed by atoms with Crippen molar-refractivity contribution in [2.75, 3.05) is 12.4 Å². The largest absolute Gasteiger partial charge is 0.465 e.